The van der Waals surface area contributed by atoms with Crippen molar-refractivity contribution in [3.05, 3.63) is 28.2 Å². The highest BCUT2D eigenvalue weighted by Gasteiger charge is 2.40. The lowest BCUT2D eigenvalue weighted by Crippen LogP contribution is -2.33. The van der Waals surface area contributed by atoms with E-state index in [2.05, 4.69) is 20.7 Å². The van der Waals surface area contributed by atoms with E-state index < -0.39 is 12.1 Å². The van der Waals surface area contributed by atoms with Gasteiger partial charge in [0, 0.05) is 8.68 Å². The van der Waals surface area contributed by atoms with Crippen molar-refractivity contribution in [2.45, 2.75) is 17.8 Å². The van der Waals surface area contributed by atoms with Crippen LogP contribution in [-0.2, 0) is 25.4 Å². The Morgan fingerprint density at radius 2 is 2.35 bits per heavy atom. The van der Waals surface area contributed by atoms with E-state index in [0.717, 1.165) is 10.0 Å². The third-order valence-corrected chi connectivity index (χ3v) is 3.77. The predicted molar refractivity (Wildman–Crippen MR) is 66.0 cm³/mol. The largest absolute Gasteiger partial charge is 0.478 e. The summed E-state index contributed by atoms with van der Waals surface area (Å²) in [5, 5.41) is -0.291. The van der Waals surface area contributed by atoms with Crippen molar-refractivity contribution in [3.8, 4) is 5.75 Å². The molecule has 0 aromatic heterocycles. The Kier molecular flexibility index (Phi) is 3.73. The number of ether oxygens (including phenoxy) is 2. The molecule has 0 aliphatic carbocycles. The summed E-state index contributed by atoms with van der Waals surface area (Å²) in [6, 6.07) is 5.40. The molecule has 0 radical (unpaired) electrons. The molecule has 2 atom stereocenters. The normalized spacial score (nSPS) is 22.2. The van der Waals surface area contributed by atoms with Gasteiger partial charge in [-0.2, -0.15) is 0 Å². The SMILES string of the molecule is COC(=O)C1CC([S+]=O)c2cc(Br)ccc2O1. The summed E-state index contributed by atoms with van der Waals surface area (Å²) >= 11 is 3.82. The molecular weight excluding hydrogens is 308 g/mol. The van der Waals surface area contributed by atoms with Crippen LogP contribution < -0.4 is 4.74 Å². The van der Waals surface area contributed by atoms with Gasteiger partial charge in [-0.3, -0.25) is 0 Å². The number of fused-ring (bicyclic) bond motifs is 1. The van der Waals surface area contributed by atoms with Gasteiger partial charge in [0.1, 0.15) is 5.75 Å². The van der Waals surface area contributed by atoms with Crippen LogP contribution in [0, 0.1) is 0 Å². The first-order chi connectivity index (χ1) is 8.15. The van der Waals surface area contributed by atoms with Crippen molar-refractivity contribution in [1.82, 2.24) is 0 Å². The van der Waals surface area contributed by atoms with Gasteiger partial charge in [0.25, 0.3) is 5.25 Å². The number of hydrogen-bond donors (Lipinski definition) is 0. The predicted octanol–water partition coefficient (Wildman–Crippen LogP) is 2.24. The minimum absolute atomic E-state index is 0.291. The number of halogens is 1. The van der Waals surface area contributed by atoms with E-state index >= 15 is 0 Å². The second-order valence-corrected chi connectivity index (χ2v) is 5.31. The molecule has 0 spiro atoms. The second-order valence-electron chi connectivity index (χ2n) is 3.63. The van der Waals surface area contributed by atoms with Gasteiger partial charge < -0.3 is 9.47 Å². The molecular formula is C11H10BrO4S+. The number of methoxy groups -OCH3 is 1. The smallest absolute Gasteiger partial charge is 0.467 e. The molecule has 2 rings (SSSR count). The second kappa shape index (κ2) is 5.10. The van der Waals surface area contributed by atoms with E-state index in [9.17, 15) is 9.00 Å². The highest BCUT2D eigenvalue weighted by atomic mass is 79.9. The van der Waals surface area contributed by atoms with Crippen molar-refractivity contribution in [3.63, 3.8) is 0 Å². The zero-order valence-corrected chi connectivity index (χ0v) is 11.4. The van der Waals surface area contributed by atoms with E-state index in [1.54, 1.807) is 6.07 Å². The highest BCUT2D eigenvalue weighted by molar-refractivity contribution is 9.10. The quantitative estimate of drug-likeness (QED) is 0.620. The van der Waals surface area contributed by atoms with Crippen LogP contribution in [-0.4, -0.2) is 19.2 Å². The minimum Gasteiger partial charge on any atom is -0.478 e. The molecule has 1 aliphatic heterocycles. The number of benzene rings is 1. The summed E-state index contributed by atoms with van der Waals surface area (Å²) in [7, 11) is 1.31. The standard InChI is InChI=1S/C11H10BrO4S/c1-15-11(13)9-5-10(17-14)7-4-6(12)2-3-8(7)16-9/h2-4,9-10H,5H2,1H3/q+1. The fourth-order valence-corrected chi connectivity index (χ4v) is 2.69. The molecule has 17 heavy (non-hydrogen) atoms. The minimum atomic E-state index is -0.694. The van der Waals surface area contributed by atoms with Crippen molar-refractivity contribution in [2.24, 2.45) is 0 Å². The molecule has 1 aromatic carbocycles. The number of rotatable bonds is 2. The summed E-state index contributed by atoms with van der Waals surface area (Å²) in [5.74, 6) is 0.126. The Bertz CT molecular complexity index is 463. The zero-order chi connectivity index (χ0) is 12.4. The van der Waals surface area contributed by atoms with Crippen LogP contribution in [0.1, 0.15) is 17.2 Å². The Morgan fingerprint density at radius 3 is 3.00 bits per heavy atom. The fraction of sp³-hybridized carbons (Fsp3) is 0.364. The lowest BCUT2D eigenvalue weighted by atomic mass is 10.0. The third kappa shape index (κ3) is 2.47. The summed E-state index contributed by atoms with van der Waals surface area (Å²) in [6.07, 6.45) is -0.357. The average molecular weight is 318 g/mol. The van der Waals surface area contributed by atoms with Crippen LogP contribution in [0.4, 0.5) is 0 Å². The van der Waals surface area contributed by atoms with Gasteiger partial charge in [-0.15, -0.1) is 0 Å². The van der Waals surface area contributed by atoms with E-state index in [-0.39, 0.29) is 5.25 Å². The van der Waals surface area contributed by atoms with E-state index in [0.29, 0.717) is 23.8 Å². The molecule has 0 bridgehead atoms. The maximum Gasteiger partial charge on any atom is 0.467 e. The topological polar surface area (TPSA) is 52.6 Å². The molecule has 0 saturated heterocycles. The molecule has 0 saturated carbocycles. The lowest BCUT2D eigenvalue weighted by Gasteiger charge is -2.23. The summed E-state index contributed by atoms with van der Waals surface area (Å²) in [5.41, 5.74) is 0.819. The molecule has 2 unspecified atom stereocenters. The van der Waals surface area contributed by atoms with Crippen LogP contribution in [0.2, 0.25) is 0 Å². The van der Waals surface area contributed by atoms with Gasteiger partial charge in [-0.25, -0.2) is 4.79 Å². The van der Waals surface area contributed by atoms with Gasteiger partial charge in [0.2, 0.25) is 6.10 Å². The van der Waals surface area contributed by atoms with E-state index in [4.69, 9.17) is 4.74 Å². The number of hydrogen-bond acceptors (Lipinski definition) is 4. The third-order valence-electron chi connectivity index (χ3n) is 2.60. The molecule has 0 fully saturated rings. The Labute approximate surface area is 111 Å². The summed E-state index contributed by atoms with van der Waals surface area (Å²) in [4.78, 5) is 11.4. The zero-order valence-electron chi connectivity index (χ0n) is 9.01. The fourth-order valence-electron chi connectivity index (χ4n) is 1.77. The van der Waals surface area contributed by atoms with Crippen molar-refractivity contribution < 1.29 is 18.5 Å². The molecule has 1 heterocycles. The molecule has 0 N–H and O–H groups in total. The van der Waals surface area contributed by atoms with E-state index in [1.807, 2.05) is 12.1 Å². The Hall–Kier alpha value is -1.01. The average Bonchev–Trinajstić information content (AvgIpc) is 2.36. The van der Waals surface area contributed by atoms with Crippen LogP contribution >= 0.6 is 15.9 Å². The van der Waals surface area contributed by atoms with Gasteiger partial charge in [0.15, 0.2) is 0 Å². The lowest BCUT2D eigenvalue weighted by molar-refractivity contribution is -0.149. The summed E-state index contributed by atoms with van der Waals surface area (Å²) in [6.45, 7) is 0. The van der Waals surface area contributed by atoms with Crippen LogP contribution in [0.5, 0.6) is 5.75 Å². The molecule has 6 heteroatoms. The molecule has 4 nitrogen and oxygen atoms in total. The van der Waals surface area contributed by atoms with Crippen LogP contribution in [0.15, 0.2) is 22.7 Å². The highest BCUT2D eigenvalue weighted by Crippen LogP contribution is 2.37. The number of esters is 1. The number of carbonyl (C=O) groups is 1. The van der Waals surface area contributed by atoms with Crippen LogP contribution in [0.25, 0.3) is 0 Å². The first-order valence-electron chi connectivity index (χ1n) is 4.98. The van der Waals surface area contributed by atoms with Gasteiger partial charge >= 0.3 is 17.6 Å². The van der Waals surface area contributed by atoms with Crippen molar-refractivity contribution in [1.29, 1.82) is 0 Å². The molecule has 1 aromatic rings. The Balaban J connectivity index is 2.36. The van der Waals surface area contributed by atoms with Crippen molar-refractivity contribution in [2.75, 3.05) is 7.11 Å². The molecule has 1 aliphatic rings. The maximum atomic E-state index is 11.4. The molecule has 0 amide bonds. The monoisotopic (exact) mass is 317 g/mol. The van der Waals surface area contributed by atoms with Crippen molar-refractivity contribution >= 4 is 33.6 Å². The first kappa shape index (κ1) is 12.4. The summed E-state index contributed by atoms with van der Waals surface area (Å²) < 4.78 is 22.2. The first-order valence-corrected chi connectivity index (χ1v) is 6.58. The maximum absolute atomic E-state index is 11.4. The number of carbonyl (C=O) groups excluding carboxylic acids is 1. The Morgan fingerprint density at radius 1 is 1.59 bits per heavy atom. The van der Waals surface area contributed by atoms with Gasteiger partial charge in [0.05, 0.1) is 19.1 Å². The van der Waals surface area contributed by atoms with Crippen LogP contribution in [0.3, 0.4) is 0 Å². The van der Waals surface area contributed by atoms with E-state index in [1.165, 1.54) is 7.11 Å². The molecule has 90 valence electrons. The van der Waals surface area contributed by atoms with Gasteiger partial charge in [-0.1, -0.05) is 15.9 Å². The van der Waals surface area contributed by atoms with Gasteiger partial charge in [-0.05, 0) is 18.2 Å².